The lowest BCUT2D eigenvalue weighted by Crippen LogP contribution is -1.96. The summed E-state index contributed by atoms with van der Waals surface area (Å²) in [6.45, 7) is 0. The smallest absolute Gasteiger partial charge is 0.294 e. The SMILES string of the molecule is N.Nc1ccc(N=Nc2cccc(S(=O)(=O)O)c2)c2ccccc12. The van der Waals surface area contributed by atoms with E-state index in [0.717, 1.165) is 10.8 Å². The molecule has 0 aliphatic rings. The Morgan fingerprint density at radius 1 is 0.875 bits per heavy atom. The molecule has 0 unspecified atom stereocenters. The predicted molar refractivity (Wildman–Crippen MR) is 93.8 cm³/mol. The van der Waals surface area contributed by atoms with E-state index >= 15 is 0 Å². The summed E-state index contributed by atoms with van der Waals surface area (Å²) in [5.74, 6) is 0. The molecule has 3 aromatic carbocycles. The zero-order valence-electron chi connectivity index (χ0n) is 12.6. The molecule has 8 heteroatoms. The minimum Gasteiger partial charge on any atom is -0.398 e. The quantitative estimate of drug-likeness (QED) is 0.370. The van der Waals surface area contributed by atoms with Crippen LogP contribution in [-0.4, -0.2) is 13.0 Å². The first-order valence-electron chi connectivity index (χ1n) is 6.72. The van der Waals surface area contributed by atoms with Gasteiger partial charge in [0.05, 0.1) is 16.3 Å². The number of fused-ring (bicyclic) bond motifs is 1. The maximum Gasteiger partial charge on any atom is 0.294 e. The molecule has 0 aromatic heterocycles. The third-order valence-corrected chi connectivity index (χ3v) is 4.17. The Morgan fingerprint density at radius 2 is 1.58 bits per heavy atom. The van der Waals surface area contributed by atoms with Crippen LogP contribution >= 0.6 is 0 Å². The van der Waals surface area contributed by atoms with Crippen molar-refractivity contribution in [2.24, 2.45) is 10.2 Å². The number of rotatable bonds is 3. The first-order chi connectivity index (χ1) is 10.9. The molecule has 0 aliphatic carbocycles. The average Bonchev–Trinajstić information content (AvgIpc) is 2.54. The second kappa shape index (κ2) is 6.75. The first-order valence-corrected chi connectivity index (χ1v) is 8.16. The van der Waals surface area contributed by atoms with Crippen molar-refractivity contribution in [1.29, 1.82) is 0 Å². The Hall–Kier alpha value is -2.81. The van der Waals surface area contributed by atoms with E-state index < -0.39 is 10.1 Å². The molecule has 6 N–H and O–H groups in total. The van der Waals surface area contributed by atoms with Gasteiger partial charge in [-0.3, -0.25) is 4.55 Å². The van der Waals surface area contributed by atoms with Gasteiger partial charge >= 0.3 is 0 Å². The van der Waals surface area contributed by atoms with Crippen LogP contribution in [-0.2, 0) is 10.1 Å². The maximum absolute atomic E-state index is 11.1. The van der Waals surface area contributed by atoms with Crippen molar-refractivity contribution in [2.75, 3.05) is 5.73 Å². The monoisotopic (exact) mass is 344 g/mol. The van der Waals surface area contributed by atoms with Crippen LogP contribution in [0.4, 0.5) is 17.1 Å². The summed E-state index contributed by atoms with van der Waals surface area (Å²) in [5.41, 5.74) is 7.52. The molecule has 0 atom stereocenters. The van der Waals surface area contributed by atoms with Crippen LogP contribution in [0.15, 0.2) is 75.8 Å². The molecule has 0 saturated heterocycles. The fraction of sp³-hybridized carbons (Fsp3) is 0. The Labute approximate surface area is 139 Å². The summed E-state index contributed by atoms with van der Waals surface area (Å²) in [5, 5.41) is 9.92. The second-order valence-corrected chi connectivity index (χ2v) is 6.31. The van der Waals surface area contributed by atoms with E-state index in [9.17, 15) is 8.42 Å². The van der Waals surface area contributed by atoms with E-state index in [1.54, 1.807) is 18.2 Å². The molecule has 0 saturated carbocycles. The van der Waals surface area contributed by atoms with Gasteiger partial charge in [-0.25, -0.2) is 0 Å². The number of anilines is 1. The number of nitrogens with zero attached hydrogens (tertiary/aromatic N) is 2. The van der Waals surface area contributed by atoms with Gasteiger partial charge in [-0.2, -0.15) is 13.5 Å². The van der Waals surface area contributed by atoms with Gasteiger partial charge in [0, 0.05) is 16.5 Å². The molecule has 0 radical (unpaired) electrons. The van der Waals surface area contributed by atoms with Gasteiger partial charge in [-0.1, -0.05) is 30.3 Å². The van der Waals surface area contributed by atoms with E-state index in [-0.39, 0.29) is 11.0 Å². The third kappa shape index (κ3) is 3.57. The lowest BCUT2D eigenvalue weighted by molar-refractivity contribution is 0.483. The Bertz CT molecular complexity index is 1020. The number of nitrogens with two attached hydrogens (primary N) is 1. The van der Waals surface area contributed by atoms with Crippen LogP contribution in [0.25, 0.3) is 10.8 Å². The van der Waals surface area contributed by atoms with Crippen LogP contribution in [0.1, 0.15) is 0 Å². The standard InChI is InChI=1S/C16H13N3O3S.H3N/c17-15-8-9-16(14-7-2-1-6-13(14)15)19-18-11-4-3-5-12(10-11)23(20,21)22;/h1-10H,17H2,(H,20,21,22);1H3. The van der Waals surface area contributed by atoms with Gasteiger partial charge in [0.25, 0.3) is 10.1 Å². The number of hydrogen-bond acceptors (Lipinski definition) is 6. The van der Waals surface area contributed by atoms with Gasteiger partial charge in [0.1, 0.15) is 0 Å². The number of hydrogen-bond donors (Lipinski definition) is 3. The first kappa shape index (κ1) is 17.5. The van der Waals surface area contributed by atoms with Crippen molar-refractivity contribution < 1.29 is 13.0 Å². The topological polar surface area (TPSA) is 140 Å². The fourth-order valence-electron chi connectivity index (χ4n) is 2.21. The van der Waals surface area contributed by atoms with Crippen molar-refractivity contribution in [3.8, 4) is 0 Å². The summed E-state index contributed by atoms with van der Waals surface area (Å²) in [7, 11) is -4.27. The molecule has 3 rings (SSSR count). The molecule has 0 spiro atoms. The van der Waals surface area contributed by atoms with Gasteiger partial charge in [-0.05, 0) is 30.3 Å². The van der Waals surface area contributed by atoms with Crippen LogP contribution in [0.2, 0.25) is 0 Å². The summed E-state index contributed by atoms with van der Waals surface area (Å²) in [6.07, 6.45) is 0. The highest BCUT2D eigenvalue weighted by Gasteiger charge is 2.09. The molecule has 3 aromatic rings. The van der Waals surface area contributed by atoms with Crippen molar-refractivity contribution in [3.63, 3.8) is 0 Å². The zero-order valence-corrected chi connectivity index (χ0v) is 13.4. The Morgan fingerprint density at radius 3 is 2.29 bits per heavy atom. The van der Waals surface area contributed by atoms with Gasteiger partial charge in [0.15, 0.2) is 0 Å². The van der Waals surface area contributed by atoms with Crippen LogP contribution in [0.5, 0.6) is 0 Å². The highest BCUT2D eigenvalue weighted by atomic mass is 32.2. The lowest BCUT2D eigenvalue weighted by atomic mass is 10.1. The van der Waals surface area contributed by atoms with Crippen LogP contribution in [0.3, 0.4) is 0 Å². The molecule has 0 fully saturated rings. The molecule has 24 heavy (non-hydrogen) atoms. The fourth-order valence-corrected chi connectivity index (χ4v) is 2.73. The van der Waals surface area contributed by atoms with E-state index in [2.05, 4.69) is 10.2 Å². The normalized spacial score (nSPS) is 11.5. The number of azo groups is 1. The van der Waals surface area contributed by atoms with Gasteiger partial charge in [0.2, 0.25) is 0 Å². The maximum atomic E-state index is 11.1. The summed E-state index contributed by atoms with van der Waals surface area (Å²) >= 11 is 0. The minimum atomic E-state index is -4.27. The molecular weight excluding hydrogens is 328 g/mol. The number of nitrogen functional groups attached to an aromatic ring is 1. The van der Waals surface area contributed by atoms with Crippen molar-refractivity contribution in [2.45, 2.75) is 4.90 Å². The van der Waals surface area contributed by atoms with Crippen molar-refractivity contribution in [3.05, 3.63) is 60.7 Å². The highest BCUT2D eigenvalue weighted by molar-refractivity contribution is 7.85. The molecule has 7 nitrogen and oxygen atoms in total. The Balaban J connectivity index is 0.00000208. The van der Waals surface area contributed by atoms with Gasteiger partial charge < -0.3 is 11.9 Å². The van der Waals surface area contributed by atoms with Crippen molar-refractivity contribution in [1.82, 2.24) is 6.15 Å². The molecule has 0 bridgehead atoms. The van der Waals surface area contributed by atoms with Crippen LogP contribution in [0, 0.1) is 0 Å². The van der Waals surface area contributed by atoms with E-state index in [1.807, 2.05) is 24.3 Å². The summed E-state index contributed by atoms with van der Waals surface area (Å²) < 4.78 is 31.3. The minimum absolute atomic E-state index is 0. The largest absolute Gasteiger partial charge is 0.398 e. The Kier molecular flexibility index (Phi) is 4.93. The second-order valence-electron chi connectivity index (χ2n) is 4.89. The molecule has 124 valence electrons. The predicted octanol–water partition coefficient (Wildman–Crippen LogP) is 4.25. The molecular formula is C16H16N4O3S. The summed E-state index contributed by atoms with van der Waals surface area (Å²) in [4.78, 5) is -0.226. The van der Waals surface area contributed by atoms with Crippen LogP contribution < -0.4 is 11.9 Å². The highest BCUT2D eigenvalue weighted by Crippen LogP contribution is 2.31. The third-order valence-electron chi connectivity index (χ3n) is 3.32. The molecule has 0 aliphatic heterocycles. The average molecular weight is 344 g/mol. The summed E-state index contributed by atoms with van der Waals surface area (Å²) in [6, 6.07) is 16.6. The van der Waals surface area contributed by atoms with Crippen molar-refractivity contribution >= 4 is 38.0 Å². The van der Waals surface area contributed by atoms with E-state index in [4.69, 9.17) is 10.3 Å². The van der Waals surface area contributed by atoms with E-state index in [0.29, 0.717) is 17.1 Å². The molecule has 0 heterocycles. The molecule has 0 amide bonds. The lowest BCUT2D eigenvalue weighted by Gasteiger charge is -2.04. The number of benzene rings is 3. The van der Waals surface area contributed by atoms with E-state index in [1.165, 1.54) is 18.2 Å². The van der Waals surface area contributed by atoms with Gasteiger partial charge in [-0.15, -0.1) is 5.11 Å². The zero-order chi connectivity index (χ0) is 16.4.